The largest absolute Gasteiger partial charge is 0.437 e. The summed E-state index contributed by atoms with van der Waals surface area (Å²) in [6.45, 7) is 0. The molecule has 6 nitrogen and oxygen atoms in total. The summed E-state index contributed by atoms with van der Waals surface area (Å²) in [6.07, 6.45) is 0. The highest BCUT2D eigenvalue weighted by Crippen LogP contribution is 2.49. The Hall–Kier alpha value is -8.48. The minimum absolute atomic E-state index is 0.556. The molecule has 6 aromatic heterocycles. The first-order valence-electron chi connectivity index (χ1n) is 21.1. The van der Waals surface area contributed by atoms with Gasteiger partial charge in [-0.3, -0.25) is 4.57 Å². The molecule has 6 heteroatoms. The summed E-state index contributed by atoms with van der Waals surface area (Å²) in [4.78, 5) is 11.0. The van der Waals surface area contributed by atoms with Gasteiger partial charge in [0, 0.05) is 59.7 Å². The van der Waals surface area contributed by atoms with Gasteiger partial charge in [0.15, 0.2) is 11.6 Å². The van der Waals surface area contributed by atoms with E-state index in [-0.39, 0.29) is 0 Å². The molecule has 15 rings (SSSR count). The second kappa shape index (κ2) is 11.6. The van der Waals surface area contributed by atoms with Crippen LogP contribution in [0.4, 0.5) is 0 Å². The molecule has 0 unspecified atom stereocenters. The van der Waals surface area contributed by atoms with Crippen LogP contribution in [-0.4, -0.2) is 23.5 Å². The molecule has 0 saturated carbocycles. The van der Waals surface area contributed by atoms with E-state index in [2.05, 4.69) is 189 Å². The molecule has 0 N–H and O–H groups in total. The third kappa shape index (κ3) is 4.04. The van der Waals surface area contributed by atoms with Crippen molar-refractivity contribution in [1.82, 2.24) is 23.5 Å². The van der Waals surface area contributed by atoms with Gasteiger partial charge in [-0.05, 0) is 77.5 Å². The van der Waals surface area contributed by atoms with Crippen molar-refractivity contribution in [2.75, 3.05) is 0 Å². The van der Waals surface area contributed by atoms with Gasteiger partial charge in [0.2, 0.25) is 5.71 Å². The van der Waals surface area contributed by atoms with Crippen LogP contribution in [0.3, 0.4) is 0 Å². The summed E-state index contributed by atoms with van der Waals surface area (Å²) in [5, 5.41) is 13.9. The number of hydrogen-bond donors (Lipinski definition) is 0. The molecule has 0 amide bonds. The first-order chi connectivity index (χ1) is 30.8. The standard InChI is InChI=1S/C56H31N5O/c1-2-15-34(16-3-1)59-43-22-10-6-18-36(43)40-30-33(27-28-46(40)59)54-57-55(51-39-21-9-13-25-48(39)62-56(51)58-54)61-47-29-26-32-14-4-5-17-35(32)49(47)42-31-41-37-19-7-11-23-44(37)60-45-24-12-8-20-38(45)50(52(41)60)53(42)61/h1-31H. The highest BCUT2D eigenvalue weighted by atomic mass is 16.3. The molecule has 6 heterocycles. The molecule has 286 valence electrons. The molecule has 0 bridgehead atoms. The van der Waals surface area contributed by atoms with Crippen LogP contribution in [-0.2, 0) is 0 Å². The summed E-state index contributed by atoms with van der Waals surface area (Å²) >= 11 is 0. The second-order valence-corrected chi connectivity index (χ2v) is 16.5. The summed E-state index contributed by atoms with van der Waals surface area (Å²) in [5.41, 5.74) is 11.5. The molecule has 62 heavy (non-hydrogen) atoms. The zero-order chi connectivity index (χ0) is 40.2. The monoisotopic (exact) mass is 789 g/mol. The molecule has 0 spiro atoms. The van der Waals surface area contributed by atoms with E-state index in [1.807, 2.05) is 12.1 Å². The Balaban J connectivity index is 1.13. The zero-order valence-electron chi connectivity index (χ0n) is 33.0. The highest BCUT2D eigenvalue weighted by Gasteiger charge is 2.28. The Morgan fingerprint density at radius 2 is 1.02 bits per heavy atom. The Morgan fingerprint density at radius 3 is 1.85 bits per heavy atom. The molecule has 0 aliphatic heterocycles. The van der Waals surface area contributed by atoms with Crippen LogP contribution >= 0.6 is 0 Å². The molecular weight excluding hydrogens is 759 g/mol. The normalized spacial score (nSPS) is 12.5. The van der Waals surface area contributed by atoms with Crippen molar-refractivity contribution >= 4 is 115 Å². The van der Waals surface area contributed by atoms with Gasteiger partial charge in [-0.2, -0.15) is 4.98 Å². The number of fused-ring (bicyclic) bond motifs is 18. The Labute approximate surface area is 352 Å². The minimum atomic E-state index is 0.556. The Morgan fingerprint density at radius 1 is 0.371 bits per heavy atom. The third-order valence-corrected chi connectivity index (χ3v) is 13.4. The molecule has 15 aromatic rings. The maximum absolute atomic E-state index is 6.73. The van der Waals surface area contributed by atoms with E-state index in [9.17, 15) is 0 Å². The van der Waals surface area contributed by atoms with Crippen LogP contribution in [0.15, 0.2) is 192 Å². The van der Waals surface area contributed by atoms with Crippen LogP contribution in [0.25, 0.3) is 137 Å². The third-order valence-electron chi connectivity index (χ3n) is 13.4. The van der Waals surface area contributed by atoms with Gasteiger partial charge >= 0.3 is 0 Å². The maximum Gasteiger partial charge on any atom is 0.233 e. The van der Waals surface area contributed by atoms with Crippen LogP contribution < -0.4 is 0 Å². The lowest BCUT2D eigenvalue weighted by Gasteiger charge is -2.12. The molecule has 9 aromatic carbocycles. The predicted molar refractivity (Wildman–Crippen MR) is 256 cm³/mol. The predicted octanol–water partition coefficient (Wildman–Crippen LogP) is 14.5. The number of benzene rings is 9. The van der Waals surface area contributed by atoms with Crippen molar-refractivity contribution in [1.29, 1.82) is 0 Å². The molecule has 0 aliphatic rings. The SMILES string of the molecule is c1ccc(-n2c3ccccc3c3cc(-c4nc(-n5c6ccc7ccccc7c6c6cc7c8ccccc8n8c9ccccc9c(c65)c78)c5c(n4)oc4ccccc45)ccc32)cc1. The number of furan rings is 1. The Bertz CT molecular complexity index is 4390. The van der Waals surface area contributed by atoms with E-state index in [0.717, 1.165) is 60.9 Å². The molecule has 0 aliphatic carbocycles. The van der Waals surface area contributed by atoms with Gasteiger partial charge in [-0.25, -0.2) is 4.98 Å². The lowest BCUT2D eigenvalue weighted by atomic mass is 10.0. The van der Waals surface area contributed by atoms with E-state index in [1.54, 1.807) is 0 Å². The quantitative estimate of drug-likeness (QED) is 0.179. The second-order valence-electron chi connectivity index (χ2n) is 16.5. The van der Waals surface area contributed by atoms with Crippen molar-refractivity contribution in [3.05, 3.63) is 188 Å². The zero-order valence-corrected chi connectivity index (χ0v) is 33.0. The van der Waals surface area contributed by atoms with Crippen LogP contribution in [0.2, 0.25) is 0 Å². The van der Waals surface area contributed by atoms with Gasteiger partial charge in [0.1, 0.15) is 5.58 Å². The number of rotatable bonds is 3. The van der Waals surface area contributed by atoms with Crippen molar-refractivity contribution in [2.24, 2.45) is 0 Å². The average Bonchev–Trinajstić information content (AvgIpc) is 4.13. The lowest BCUT2D eigenvalue weighted by Crippen LogP contribution is -2.02. The van der Waals surface area contributed by atoms with E-state index >= 15 is 0 Å². The minimum Gasteiger partial charge on any atom is -0.437 e. The number of hydrogen-bond acceptors (Lipinski definition) is 3. The topological polar surface area (TPSA) is 53.2 Å². The summed E-state index contributed by atoms with van der Waals surface area (Å²) < 4.78 is 14.0. The smallest absolute Gasteiger partial charge is 0.233 e. The number of nitrogens with zero attached hydrogens (tertiary/aromatic N) is 5. The van der Waals surface area contributed by atoms with E-state index in [4.69, 9.17) is 14.4 Å². The number of para-hydroxylation sites is 5. The summed E-state index contributed by atoms with van der Waals surface area (Å²) in [7, 11) is 0. The van der Waals surface area contributed by atoms with E-state index in [1.165, 1.54) is 65.0 Å². The fourth-order valence-corrected chi connectivity index (χ4v) is 10.9. The van der Waals surface area contributed by atoms with Crippen molar-refractivity contribution in [3.8, 4) is 22.9 Å². The first-order valence-corrected chi connectivity index (χ1v) is 21.1. The summed E-state index contributed by atoms with van der Waals surface area (Å²) in [6, 6.07) is 67.5. The van der Waals surface area contributed by atoms with E-state index < -0.39 is 0 Å². The first kappa shape index (κ1) is 32.4. The van der Waals surface area contributed by atoms with Gasteiger partial charge in [0.05, 0.1) is 44.0 Å². The fraction of sp³-hybridized carbons (Fsp3) is 0. The number of aromatic nitrogens is 5. The molecule has 0 atom stereocenters. The molecule has 0 radical (unpaired) electrons. The van der Waals surface area contributed by atoms with Crippen LogP contribution in [0.5, 0.6) is 0 Å². The van der Waals surface area contributed by atoms with Crippen LogP contribution in [0.1, 0.15) is 0 Å². The maximum atomic E-state index is 6.73. The lowest BCUT2D eigenvalue weighted by molar-refractivity contribution is 0.653. The van der Waals surface area contributed by atoms with Gasteiger partial charge in [-0.1, -0.05) is 121 Å². The van der Waals surface area contributed by atoms with Crippen molar-refractivity contribution in [2.45, 2.75) is 0 Å². The summed E-state index contributed by atoms with van der Waals surface area (Å²) in [5.74, 6) is 1.40. The van der Waals surface area contributed by atoms with Crippen molar-refractivity contribution in [3.63, 3.8) is 0 Å². The molecule has 0 fully saturated rings. The van der Waals surface area contributed by atoms with Gasteiger partial charge in [0.25, 0.3) is 0 Å². The van der Waals surface area contributed by atoms with Crippen molar-refractivity contribution < 1.29 is 4.42 Å². The highest BCUT2D eigenvalue weighted by molar-refractivity contribution is 6.36. The average molecular weight is 790 g/mol. The van der Waals surface area contributed by atoms with Gasteiger partial charge < -0.3 is 13.4 Å². The molecular formula is C56H31N5O. The van der Waals surface area contributed by atoms with E-state index in [0.29, 0.717) is 11.5 Å². The molecule has 0 saturated heterocycles. The fourth-order valence-electron chi connectivity index (χ4n) is 10.9. The van der Waals surface area contributed by atoms with Gasteiger partial charge in [-0.15, -0.1) is 0 Å². The Kier molecular flexibility index (Phi) is 6.07. The van der Waals surface area contributed by atoms with Crippen LogP contribution in [0, 0.1) is 0 Å².